The molecule has 2 heteroatoms. The largest absolute Gasteiger partial charge is 0.495 e. The highest BCUT2D eigenvalue weighted by molar-refractivity contribution is 5.28. The SMILES string of the molecule is COc1ccc(C2C=CC=CC2C)nc1. The molecule has 1 aromatic rings. The van der Waals surface area contributed by atoms with Crippen LogP contribution in [0, 0.1) is 5.92 Å². The minimum absolute atomic E-state index is 0.390. The summed E-state index contributed by atoms with van der Waals surface area (Å²) in [5.74, 6) is 1.71. The van der Waals surface area contributed by atoms with Gasteiger partial charge >= 0.3 is 0 Å². The third-order valence-electron chi connectivity index (χ3n) is 2.75. The van der Waals surface area contributed by atoms with Crippen LogP contribution in [0.15, 0.2) is 42.6 Å². The Kier molecular flexibility index (Phi) is 2.86. The van der Waals surface area contributed by atoms with E-state index in [1.165, 1.54) is 0 Å². The normalized spacial score (nSPS) is 24.1. The maximum Gasteiger partial charge on any atom is 0.137 e. The van der Waals surface area contributed by atoms with Crippen LogP contribution >= 0.6 is 0 Å². The zero-order valence-corrected chi connectivity index (χ0v) is 9.05. The Bertz CT molecular complexity index is 378. The summed E-state index contributed by atoms with van der Waals surface area (Å²) in [6.07, 6.45) is 10.3. The first-order chi connectivity index (χ1) is 7.31. The molecule has 0 amide bonds. The van der Waals surface area contributed by atoms with Gasteiger partial charge in [0.2, 0.25) is 0 Å². The van der Waals surface area contributed by atoms with E-state index in [4.69, 9.17) is 4.74 Å². The predicted octanol–water partition coefficient (Wildman–Crippen LogP) is 2.94. The molecule has 1 aliphatic carbocycles. The zero-order valence-electron chi connectivity index (χ0n) is 9.05. The van der Waals surface area contributed by atoms with Gasteiger partial charge in [-0.25, -0.2) is 0 Å². The quantitative estimate of drug-likeness (QED) is 0.734. The molecule has 1 aromatic heterocycles. The van der Waals surface area contributed by atoms with E-state index in [0.717, 1.165) is 11.4 Å². The lowest BCUT2D eigenvalue weighted by Gasteiger charge is -2.19. The van der Waals surface area contributed by atoms with Crippen molar-refractivity contribution in [2.75, 3.05) is 7.11 Å². The molecule has 0 aliphatic heterocycles. The van der Waals surface area contributed by atoms with Crippen molar-refractivity contribution in [3.8, 4) is 5.75 Å². The molecule has 78 valence electrons. The highest BCUT2D eigenvalue weighted by Crippen LogP contribution is 2.28. The van der Waals surface area contributed by atoms with Crippen LogP contribution in [-0.2, 0) is 0 Å². The molecule has 1 aliphatic rings. The summed E-state index contributed by atoms with van der Waals surface area (Å²) in [5, 5.41) is 0. The Labute approximate surface area is 90.3 Å². The van der Waals surface area contributed by atoms with Crippen molar-refractivity contribution >= 4 is 0 Å². The second kappa shape index (κ2) is 4.30. The fraction of sp³-hybridized carbons (Fsp3) is 0.308. The van der Waals surface area contributed by atoms with Crippen LogP contribution in [0.3, 0.4) is 0 Å². The third kappa shape index (κ3) is 2.09. The lowest BCUT2D eigenvalue weighted by molar-refractivity contribution is 0.412. The standard InChI is InChI=1S/C13H15NO/c1-10-5-3-4-6-12(10)13-8-7-11(15-2)9-14-13/h3-10,12H,1-2H3. The third-order valence-corrected chi connectivity index (χ3v) is 2.75. The number of hydrogen-bond donors (Lipinski definition) is 0. The van der Waals surface area contributed by atoms with Crippen LogP contribution < -0.4 is 4.74 Å². The molecular weight excluding hydrogens is 186 g/mol. The molecule has 0 radical (unpaired) electrons. The van der Waals surface area contributed by atoms with E-state index in [9.17, 15) is 0 Å². The molecule has 0 N–H and O–H groups in total. The molecule has 2 nitrogen and oxygen atoms in total. The first-order valence-electron chi connectivity index (χ1n) is 5.16. The molecule has 2 rings (SSSR count). The van der Waals surface area contributed by atoms with Crippen molar-refractivity contribution < 1.29 is 4.74 Å². The topological polar surface area (TPSA) is 22.1 Å². The van der Waals surface area contributed by atoms with Gasteiger partial charge in [-0.1, -0.05) is 31.2 Å². The van der Waals surface area contributed by atoms with Crippen LogP contribution in [0.4, 0.5) is 0 Å². The minimum Gasteiger partial charge on any atom is -0.495 e. The second-order valence-corrected chi connectivity index (χ2v) is 3.78. The van der Waals surface area contributed by atoms with E-state index in [0.29, 0.717) is 11.8 Å². The summed E-state index contributed by atoms with van der Waals surface area (Å²) >= 11 is 0. The fourth-order valence-corrected chi connectivity index (χ4v) is 1.80. The molecule has 0 fully saturated rings. The Morgan fingerprint density at radius 3 is 2.60 bits per heavy atom. The van der Waals surface area contributed by atoms with Gasteiger partial charge in [0.25, 0.3) is 0 Å². The number of hydrogen-bond acceptors (Lipinski definition) is 2. The molecule has 15 heavy (non-hydrogen) atoms. The van der Waals surface area contributed by atoms with Gasteiger partial charge in [-0.15, -0.1) is 0 Å². The van der Waals surface area contributed by atoms with E-state index < -0.39 is 0 Å². The number of ether oxygens (including phenoxy) is 1. The lowest BCUT2D eigenvalue weighted by Crippen LogP contribution is -2.08. The summed E-state index contributed by atoms with van der Waals surface area (Å²) in [7, 11) is 1.66. The number of rotatable bonds is 2. The molecule has 2 unspecified atom stereocenters. The first-order valence-corrected chi connectivity index (χ1v) is 5.16. The van der Waals surface area contributed by atoms with Crippen LogP contribution in [0.5, 0.6) is 5.75 Å². The lowest BCUT2D eigenvalue weighted by atomic mass is 9.87. The average molecular weight is 201 g/mol. The van der Waals surface area contributed by atoms with Gasteiger partial charge in [-0.05, 0) is 18.1 Å². The van der Waals surface area contributed by atoms with Crippen molar-refractivity contribution in [3.05, 3.63) is 48.3 Å². The van der Waals surface area contributed by atoms with Gasteiger partial charge in [0.05, 0.1) is 13.3 Å². The number of nitrogens with zero attached hydrogens (tertiary/aromatic N) is 1. The molecule has 2 atom stereocenters. The second-order valence-electron chi connectivity index (χ2n) is 3.78. The molecule has 0 saturated carbocycles. The summed E-state index contributed by atoms with van der Waals surface area (Å²) in [6.45, 7) is 2.20. The van der Waals surface area contributed by atoms with Gasteiger partial charge in [0, 0.05) is 11.6 Å². The maximum absolute atomic E-state index is 5.09. The van der Waals surface area contributed by atoms with Gasteiger partial charge in [0.1, 0.15) is 5.75 Å². The molecular formula is C13H15NO. The zero-order chi connectivity index (χ0) is 10.7. The summed E-state index contributed by atoms with van der Waals surface area (Å²) in [4.78, 5) is 4.41. The van der Waals surface area contributed by atoms with Crippen molar-refractivity contribution in [1.82, 2.24) is 4.98 Å². The van der Waals surface area contributed by atoms with E-state index in [-0.39, 0.29) is 0 Å². The Balaban J connectivity index is 2.22. The molecule has 1 heterocycles. The molecule has 0 aromatic carbocycles. The van der Waals surface area contributed by atoms with E-state index in [1.54, 1.807) is 13.3 Å². The highest BCUT2D eigenvalue weighted by atomic mass is 16.5. The van der Waals surface area contributed by atoms with Crippen LogP contribution in [0.25, 0.3) is 0 Å². The number of allylic oxidation sites excluding steroid dienone is 4. The molecule has 0 bridgehead atoms. The molecule has 0 spiro atoms. The summed E-state index contributed by atoms with van der Waals surface area (Å²) < 4.78 is 5.09. The van der Waals surface area contributed by atoms with Crippen LogP contribution in [-0.4, -0.2) is 12.1 Å². The Morgan fingerprint density at radius 2 is 2.00 bits per heavy atom. The van der Waals surface area contributed by atoms with Gasteiger partial charge in [-0.3, -0.25) is 4.98 Å². The molecule has 0 saturated heterocycles. The first kappa shape index (κ1) is 9.97. The number of aromatic nitrogens is 1. The Hall–Kier alpha value is -1.57. The van der Waals surface area contributed by atoms with Crippen LogP contribution in [0.2, 0.25) is 0 Å². The predicted molar refractivity (Wildman–Crippen MR) is 61.0 cm³/mol. The smallest absolute Gasteiger partial charge is 0.137 e. The van der Waals surface area contributed by atoms with E-state index in [1.807, 2.05) is 12.1 Å². The van der Waals surface area contributed by atoms with Gasteiger partial charge in [0.15, 0.2) is 0 Å². The van der Waals surface area contributed by atoms with E-state index in [2.05, 4.69) is 36.2 Å². The van der Waals surface area contributed by atoms with Gasteiger partial charge < -0.3 is 4.74 Å². The number of pyridine rings is 1. The fourth-order valence-electron chi connectivity index (χ4n) is 1.80. The van der Waals surface area contributed by atoms with Crippen LogP contribution in [0.1, 0.15) is 18.5 Å². The highest BCUT2D eigenvalue weighted by Gasteiger charge is 2.17. The number of methoxy groups -OCH3 is 1. The minimum atomic E-state index is 0.390. The van der Waals surface area contributed by atoms with E-state index >= 15 is 0 Å². The van der Waals surface area contributed by atoms with Crippen molar-refractivity contribution in [3.63, 3.8) is 0 Å². The monoisotopic (exact) mass is 201 g/mol. The van der Waals surface area contributed by atoms with Crippen molar-refractivity contribution in [2.24, 2.45) is 5.92 Å². The summed E-state index contributed by atoms with van der Waals surface area (Å²) in [6, 6.07) is 3.99. The summed E-state index contributed by atoms with van der Waals surface area (Å²) in [5.41, 5.74) is 1.10. The Morgan fingerprint density at radius 1 is 1.20 bits per heavy atom. The van der Waals surface area contributed by atoms with Gasteiger partial charge in [-0.2, -0.15) is 0 Å². The average Bonchev–Trinajstić information content (AvgIpc) is 2.30. The maximum atomic E-state index is 5.09. The van der Waals surface area contributed by atoms with Crippen molar-refractivity contribution in [2.45, 2.75) is 12.8 Å². The van der Waals surface area contributed by atoms with Crippen molar-refractivity contribution in [1.29, 1.82) is 0 Å².